The van der Waals surface area contributed by atoms with Crippen LogP contribution in [0.1, 0.15) is 24.8 Å². The van der Waals surface area contributed by atoms with Crippen molar-refractivity contribution in [3.05, 3.63) is 35.4 Å². The third-order valence-electron chi connectivity index (χ3n) is 4.09. The Morgan fingerprint density at radius 1 is 1.26 bits per heavy atom. The van der Waals surface area contributed by atoms with Gasteiger partial charge in [0.2, 0.25) is 0 Å². The molecule has 1 heterocycles. The Morgan fingerprint density at radius 2 is 2.11 bits per heavy atom. The van der Waals surface area contributed by atoms with Gasteiger partial charge in [0.1, 0.15) is 0 Å². The van der Waals surface area contributed by atoms with Crippen LogP contribution in [0.2, 0.25) is 0 Å². The summed E-state index contributed by atoms with van der Waals surface area (Å²) in [6.07, 6.45) is 4.22. The van der Waals surface area contributed by atoms with Crippen LogP contribution in [-0.4, -0.2) is 25.8 Å². The Hall–Kier alpha value is -1.00. The predicted octanol–water partition coefficient (Wildman–Crippen LogP) is 2.67. The lowest BCUT2D eigenvalue weighted by atomic mass is 9.81. The minimum atomic E-state index is -0.781. The number of ether oxygens (including phenoxy) is 1. The first kappa shape index (κ1) is 13.0. The van der Waals surface area contributed by atoms with Crippen LogP contribution >= 0.6 is 0 Å². The fourth-order valence-electron chi connectivity index (χ4n) is 2.72. The van der Waals surface area contributed by atoms with Crippen LogP contribution in [0, 0.1) is 17.0 Å². The van der Waals surface area contributed by atoms with Crippen LogP contribution < -0.4 is 5.32 Å². The van der Waals surface area contributed by atoms with Crippen molar-refractivity contribution in [2.45, 2.75) is 31.7 Å². The summed E-state index contributed by atoms with van der Waals surface area (Å²) >= 11 is 0. The molecule has 104 valence electrons. The molecule has 1 saturated carbocycles. The van der Waals surface area contributed by atoms with Crippen molar-refractivity contribution in [2.75, 3.05) is 19.8 Å². The Bertz CT molecular complexity index is 453. The van der Waals surface area contributed by atoms with Crippen LogP contribution in [-0.2, 0) is 11.2 Å². The third-order valence-corrected chi connectivity index (χ3v) is 4.09. The summed E-state index contributed by atoms with van der Waals surface area (Å²) in [5, 5.41) is 3.54. The highest BCUT2D eigenvalue weighted by Gasteiger charge is 2.36. The average Bonchev–Trinajstić information content (AvgIpc) is 3.12. The van der Waals surface area contributed by atoms with E-state index in [0.29, 0.717) is 12.6 Å². The van der Waals surface area contributed by atoms with E-state index in [2.05, 4.69) is 5.32 Å². The smallest absolute Gasteiger partial charge is 0.159 e. The molecule has 1 aromatic carbocycles. The molecule has 0 spiro atoms. The maximum atomic E-state index is 13.3. The predicted molar refractivity (Wildman–Crippen MR) is 69.0 cm³/mol. The molecule has 1 unspecified atom stereocenters. The molecule has 19 heavy (non-hydrogen) atoms. The second kappa shape index (κ2) is 5.17. The summed E-state index contributed by atoms with van der Waals surface area (Å²) in [6, 6.07) is 4.85. The first-order valence-corrected chi connectivity index (χ1v) is 6.92. The van der Waals surface area contributed by atoms with E-state index in [1.807, 2.05) is 0 Å². The van der Waals surface area contributed by atoms with E-state index in [0.717, 1.165) is 31.6 Å². The molecule has 1 saturated heterocycles. The van der Waals surface area contributed by atoms with Gasteiger partial charge in [-0.2, -0.15) is 0 Å². The zero-order valence-electron chi connectivity index (χ0n) is 10.9. The van der Waals surface area contributed by atoms with Gasteiger partial charge in [0.05, 0.1) is 6.61 Å². The normalized spacial score (nSPS) is 26.8. The zero-order chi connectivity index (χ0) is 13.3. The highest BCUT2D eigenvalue weighted by atomic mass is 19.2. The highest BCUT2D eigenvalue weighted by Crippen LogP contribution is 2.33. The van der Waals surface area contributed by atoms with Gasteiger partial charge in [0, 0.05) is 24.6 Å². The Morgan fingerprint density at radius 3 is 2.74 bits per heavy atom. The van der Waals surface area contributed by atoms with Gasteiger partial charge in [-0.1, -0.05) is 6.07 Å². The highest BCUT2D eigenvalue weighted by molar-refractivity contribution is 5.20. The number of halogens is 2. The molecule has 0 bridgehead atoms. The summed E-state index contributed by atoms with van der Waals surface area (Å²) in [5.41, 5.74) is 0.884. The molecular weight excluding hydrogens is 248 g/mol. The van der Waals surface area contributed by atoms with Crippen molar-refractivity contribution in [3.63, 3.8) is 0 Å². The molecule has 2 fully saturated rings. The fraction of sp³-hybridized carbons (Fsp3) is 0.600. The van der Waals surface area contributed by atoms with Crippen molar-refractivity contribution in [3.8, 4) is 0 Å². The summed E-state index contributed by atoms with van der Waals surface area (Å²) in [6.45, 7) is 2.36. The average molecular weight is 267 g/mol. The van der Waals surface area contributed by atoms with Gasteiger partial charge in [-0.05, 0) is 43.4 Å². The van der Waals surface area contributed by atoms with Crippen LogP contribution in [0.5, 0.6) is 0 Å². The van der Waals surface area contributed by atoms with Crippen molar-refractivity contribution >= 4 is 0 Å². The van der Waals surface area contributed by atoms with Gasteiger partial charge in [0.25, 0.3) is 0 Å². The minimum absolute atomic E-state index is 0.0346. The minimum Gasteiger partial charge on any atom is -0.381 e. The molecule has 4 heteroatoms. The van der Waals surface area contributed by atoms with Gasteiger partial charge < -0.3 is 10.1 Å². The van der Waals surface area contributed by atoms with Crippen LogP contribution in [0.4, 0.5) is 8.78 Å². The van der Waals surface area contributed by atoms with Gasteiger partial charge in [-0.3, -0.25) is 0 Å². The summed E-state index contributed by atoms with van der Waals surface area (Å²) in [7, 11) is 0. The molecule has 1 aliphatic carbocycles. The van der Waals surface area contributed by atoms with Gasteiger partial charge in [-0.15, -0.1) is 0 Å². The van der Waals surface area contributed by atoms with Crippen molar-refractivity contribution in [1.29, 1.82) is 0 Å². The second-order valence-electron chi connectivity index (χ2n) is 5.88. The molecule has 3 rings (SSSR count). The SMILES string of the molecule is Fc1ccc(CC2(CNC3CC3)CCOC2)cc1F. The lowest BCUT2D eigenvalue weighted by molar-refractivity contribution is 0.149. The standard InChI is InChI=1S/C15H19F2NO/c16-13-4-1-11(7-14(13)17)8-15(5-6-19-10-15)9-18-12-2-3-12/h1,4,7,12,18H,2-3,5-6,8-10H2. The first-order chi connectivity index (χ1) is 9.17. The number of hydrogen-bond donors (Lipinski definition) is 1. The second-order valence-corrected chi connectivity index (χ2v) is 5.88. The molecule has 2 aliphatic rings. The van der Waals surface area contributed by atoms with Crippen molar-refractivity contribution in [1.82, 2.24) is 5.32 Å². The number of rotatable bonds is 5. The van der Waals surface area contributed by atoms with E-state index in [4.69, 9.17) is 4.74 Å². The summed E-state index contributed by atoms with van der Waals surface area (Å²) < 4.78 is 31.8. The lowest BCUT2D eigenvalue weighted by Gasteiger charge is -2.28. The van der Waals surface area contributed by atoms with E-state index in [-0.39, 0.29) is 5.41 Å². The van der Waals surface area contributed by atoms with Crippen molar-refractivity contribution in [2.24, 2.45) is 5.41 Å². The molecule has 1 atom stereocenters. The lowest BCUT2D eigenvalue weighted by Crippen LogP contribution is -2.37. The molecule has 1 aromatic rings. The van der Waals surface area contributed by atoms with Crippen LogP contribution in [0.15, 0.2) is 18.2 Å². The maximum absolute atomic E-state index is 13.3. The quantitative estimate of drug-likeness (QED) is 0.885. The van der Waals surface area contributed by atoms with E-state index in [1.54, 1.807) is 6.07 Å². The monoisotopic (exact) mass is 267 g/mol. The van der Waals surface area contributed by atoms with Gasteiger partial charge >= 0.3 is 0 Å². The Balaban J connectivity index is 1.70. The topological polar surface area (TPSA) is 21.3 Å². The number of nitrogens with one attached hydrogen (secondary N) is 1. The third kappa shape index (κ3) is 3.12. The molecule has 1 aliphatic heterocycles. The van der Waals surface area contributed by atoms with E-state index >= 15 is 0 Å². The van der Waals surface area contributed by atoms with E-state index < -0.39 is 11.6 Å². The molecule has 1 N–H and O–H groups in total. The van der Waals surface area contributed by atoms with E-state index in [1.165, 1.54) is 25.0 Å². The Kier molecular flexibility index (Phi) is 3.54. The Labute approximate surface area is 112 Å². The number of hydrogen-bond acceptors (Lipinski definition) is 2. The fourth-order valence-corrected chi connectivity index (χ4v) is 2.72. The van der Waals surface area contributed by atoms with Crippen molar-refractivity contribution < 1.29 is 13.5 Å². The zero-order valence-corrected chi connectivity index (χ0v) is 10.9. The maximum Gasteiger partial charge on any atom is 0.159 e. The molecule has 0 aromatic heterocycles. The molecule has 0 radical (unpaired) electrons. The molecule has 0 amide bonds. The largest absolute Gasteiger partial charge is 0.381 e. The first-order valence-electron chi connectivity index (χ1n) is 6.92. The molecule has 2 nitrogen and oxygen atoms in total. The number of benzene rings is 1. The molecular formula is C15H19F2NO. The van der Waals surface area contributed by atoms with E-state index in [9.17, 15) is 8.78 Å². The van der Waals surface area contributed by atoms with Gasteiger partial charge in [-0.25, -0.2) is 8.78 Å². The summed E-state index contributed by atoms with van der Waals surface area (Å²) in [4.78, 5) is 0. The van der Waals surface area contributed by atoms with Gasteiger partial charge in [0.15, 0.2) is 11.6 Å². The van der Waals surface area contributed by atoms with Crippen LogP contribution in [0.3, 0.4) is 0 Å². The van der Waals surface area contributed by atoms with Crippen LogP contribution in [0.25, 0.3) is 0 Å². The summed E-state index contributed by atoms with van der Waals surface area (Å²) in [5.74, 6) is -1.54.